The standard InChI is InChI=1S/C25H25NO6/c1-28-16-7-8-17-18(13-16)26-24(14-6-9-20(29-2)19(27)10-14)23(17)15-11-21(30-3)25(32-5)22(12-15)31-4/h6-13,26-27H,1-5H3. The lowest BCUT2D eigenvalue weighted by molar-refractivity contribution is 0.324. The van der Waals surface area contributed by atoms with Gasteiger partial charge in [0.25, 0.3) is 0 Å². The van der Waals surface area contributed by atoms with Gasteiger partial charge in [0, 0.05) is 22.6 Å². The highest BCUT2D eigenvalue weighted by molar-refractivity contribution is 6.04. The number of phenols is 1. The van der Waals surface area contributed by atoms with Crippen LogP contribution in [0.15, 0.2) is 48.5 Å². The van der Waals surface area contributed by atoms with E-state index in [1.54, 1.807) is 40.6 Å². The Balaban J connectivity index is 2.04. The Bertz CT molecular complexity index is 1250. The molecule has 1 heterocycles. The molecule has 0 amide bonds. The molecule has 32 heavy (non-hydrogen) atoms. The van der Waals surface area contributed by atoms with E-state index in [4.69, 9.17) is 23.7 Å². The number of ether oxygens (including phenoxy) is 5. The third-order valence-corrected chi connectivity index (χ3v) is 5.43. The van der Waals surface area contributed by atoms with Gasteiger partial charge < -0.3 is 33.8 Å². The predicted molar refractivity (Wildman–Crippen MR) is 124 cm³/mol. The summed E-state index contributed by atoms with van der Waals surface area (Å²) in [5.74, 6) is 2.81. The summed E-state index contributed by atoms with van der Waals surface area (Å²) in [5.41, 5.74) is 4.29. The molecule has 0 bridgehead atoms. The quantitative estimate of drug-likeness (QED) is 0.413. The molecule has 0 radical (unpaired) electrons. The first-order chi connectivity index (χ1) is 15.5. The average Bonchev–Trinajstić information content (AvgIpc) is 3.21. The molecule has 1 aromatic heterocycles. The lowest BCUT2D eigenvalue weighted by Gasteiger charge is -2.15. The van der Waals surface area contributed by atoms with Crippen LogP contribution in [0.25, 0.3) is 33.3 Å². The maximum absolute atomic E-state index is 10.4. The number of hydrogen-bond acceptors (Lipinski definition) is 6. The summed E-state index contributed by atoms with van der Waals surface area (Å²) in [6.07, 6.45) is 0. The van der Waals surface area contributed by atoms with Crippen LogP contribution in [0.1, 0.15) is 0 Å². The van der Waals surface area contributed by atoms with E-state index in [1.807, 2.05) is 36.4 Å². The Morgan fingerprint density at radius 1 is 0.656 bits per heavy atom. The summed E-state index contributed by atoms with van der Waals surface area (Å²) in [5, 5.41) is 11.4. The zero-order valence-corrected chi connectivity index (χ0v) is 18.6. The first-order valence-corrected chi connectivity index (χ1v) is 9.92. The van der Waals surface area contributed by atoms with Crippen LogP contribution >= 0.6 is 0 Å². The SMILES string of the molecule is COc1ccc2c(-c3cc(OC)c(OC)c(OC)c3)c(-c3ccc(OC)c(O)c3)[nH]c2c1. The fraction of sp³-hybridized carbons (Fsp3) is 0.200. The molecule has 2 N–H and O–H groups in total. The van der Waals surface area contributed by atoms with Crippen molar-refractivity contribution in [2.75, 3.05) is 35.5 Å². The fourth-order valence-electron chi connectivity index (χ4n) is 3.89. The summed E-state index contributed by atoms with van der Waals surface area (Å²) in [4.78, 5) is 3.48. The molecule has 0 aliphatic carbocycles. The van der Waals surface area contributed by atoms with Crippen molar-refractivity contribution >= 4 is 10.9 Å². The van der Waals surface area contributed by atoms with Crippen LogP contribution in [-0.2, 0) is 0 Å². The van der Waals surface area contributed by atoms with Gasteiger partial charge in [0.1, 0.15) is 5.75 Å². The maximum Gasteiger partial charge on any atom is 0.203 e. The van der Waals surface area contributed by atoms with Gasteiger partial charge in [-0.15, -0.1) is 0 Å². The molecule has 0 fully saturated rings. The van der Waals surface area contributed by atoms with E-state index in [-0.39, 0.29) is 5.75 Å². The molecular formula is C25H25NO6. The van der Waals surface area contributed by atoms with Gasteiger partial charge in [-0.2, -0.15) is 0 Å². The Hall–Kier alpha value is -4.00. The molecule has 4 aromatic rings. The Morgan fingerprint density at radius 2 is 1.34 bits per heavy atom. The number of aromatic hydroxyl groups is 1. The fourth-order valence-corrected chi connectivity index (χ4v) is 3.89. The van der Waals surface area contributed by atoms with Gasteiger partial charge in [-0.3, -0.25) is 0 Å². The Kier molecular flexibility index (Phi) is 5.73. The second-order valence-electron chi connectivity index (χ2n) is 7.09. The molecule has 0 unspecified atom stereocenters. The summed E-state index contributed by atoms with van der Waals surface area (Å²) in [7, 11) is 7.90. The van der Waals surface area contributed by atoms with E-state index in [2.05, 4.69) is 4.98 Å². The molecule has 0 saturated carbocycles. The number of phenolic OH excluding ortho intramolecular Hbond substituents is 1. The number of nitrogens with one attached hydrogen (secondary N) is 1. The smallest absolute Gasteiger partial charge is 0.203 e. The van der Waals surface area contributed by atoms with Crippen LogP contribution in [0, 0.1) is 0 Å². The minimum absolute atomic E-state index is 0.0529. The highest BCUT2D eigenvalue weighted by Crippen LogP contribution is 2.46. The Labute approximate surface area is 186 Å². The predicted octanol–water partition coefficient (Wildman–Crippen LogP) is 5.25. The van der Waals surface area contributed by atoms with Crippen LogP contribution in [0.5, 0.6) is 34.5 Å². The summed E-state index contributed by atoms with van der Waals surface area (Å²) in [6, 6.07) is 14.9. The minimum Gasteiger partial charge on any atom is -0.504 e. The van der Waals surface area contributed by atoms with Crippen molar-refractivity contribution in [3.63, 3.8) is 0 Å². The molecular weight excluding hydrogens is 410 g/mol. The summed E-state index contributed by atoms with van der Waals surface area (Å²) >= 11 is 0. The highest BCUT2D eigenvalue weighted by atomic mass is 16.5. The number of fused-ring (bicyclic) bond motifs is 1. The zero-order valence-electron chi connectivity index (χ0n) is 18.6. The second-order valence-corrected chi connectivity index (χ2v) is 7.09. The molecule has 0 aliphatic rings. The van der Waals surface area contributed by atoms with Crippen molar-refractivity contribution in [1.29, 1.82) is 0 Å². The number of methoxy groups -OCH3 is 5. The summed E-state index contributed by atoms with van der Waals surface area (Å²) in [6.45, 7) is 0. The van der Waals surface area contributed by atoms with Gasteiger partial charge >= 0.3 is 0 Å². The number of hydrogen-bond donors (Lipinski definition) is 2. The van der Waals surface area contributed by atoms with Crippen LogP contribution in [-0.4, -0.2) is 45.6 Å². The molecule has 166 valence electrons. The van der Waals surface area contributed by atoms with Crippen molar-refractivity contribution < 1.29 is 28.8 Å². The maximum atomic E-state index is 10.4. The molecule has 0 saturated heterocycles. The van der Waals surface area contributed by atoms with Crippen molar-refractivity contribution in [3.05, 3.63) is 48.5 Å². The van der Waals surface area contributed by atoms with Crippen molar-refractivity contribution in [3.8, 4) is 56.9 Å². The van der Waals surface area contributed by atoms with Crippen LogP contribution in [0.3, 0.4) is 0 Å². The minimum atomic E-state index is 0.0529. The van der Waals surface area contributed by atoms with Crippen molar-refractivity contribution in [2.45, 2.75) is 0 Å². The van der Waals surface area contributed by atoms with E-state index in [0.29, 0.717) is 23.0 Å². The Morgan fingerprint density at radius 3 is 1.91 bits per heavy atom. The van der Waals surface area contributed by atoms with Crippen LogP contribution in [0.4, 0.5) is 0 Å². The number of aromatic nitrogens is 1. The molecule has 0 aliphatic heterocycles. The second kappa shape index (κ2) is 8.63. The van der Waals surface area contributed by atoms with Gasteiger partial charge in [0.05, 0.1) is 46.8 Å². The molecule has 7 nitrogen and oxygen atoms in total. The number of benzene rings is 3. The van der Waals surface area contributed by atoms with Crippen molar-refractivity contribution in [2.24, 2.45) is 0 Å². The van der Waals surface area contributed by atoms with Gasteiger partial charge in [-0.1, -0.05) is 0 Å². The largest absolute Gasteiger partial charge is 0.504 e. The van der Waals surface area contributed by atoms with Gasteiger partial charge in [0.2, 0.25) is 5.75 Å². The molecule has 7 heteroatoms. The molecule has 3 aromatic carbocycles. The van der Waals surface area contributed by atoms with Crippen LogP contribution < -0.4 is 23.7 Å². The zero-order chi connectivity index (χ0) is 22.8. The number of rotatable bonds is 7. The van der Waals surface area contributed by atoms with E-state index >= 15 is 0 Å². The lowest BCUT2D eigenvalue weighted by atomic mass is 9.97. The van der Waals surface area contributed by atoms with E-state index in [9.17, 15) is 5.11 Å². The third-order valence-electron chi connectivity index (χ3n) is 5.43. The van der Waals surface area contributed by atoms with E-state index in [0.717, 1.165) is 39.0 Å². The molecule has 0 spiro atoms. The lowest BCUT2D eigenvalue weighted by Crippen LogP contribution is -1.96. The van der Waals surface area contributed by atoms with Gasteiger partial charge in [0.15, 0.2) is 23.0 Å². The first kappa shape index (κ1) is 21.2. The first-order valence-electron chi connectivity index (χ1n) is 9.92. The van der Waals surface area contributed by atoms with Gasteiger partial charge in [-0.25, -0.2) is 0 Å². The number of H-pyrrole nitrogens is 1. The average molecular weight is 435 g/mol. The molecule has 4 rings (SSSR count). The summed E-state index contributed by atoms with van der Waals surface area (Å²) < 4.78 is 27.2. The van der Waals surface area contributed by atoms with Crippen LogP contribution in [0.2, 0.25) is 0 Å². The third kappa shape index (κ3) is 3.51. The monoisotopic (exact) mass is 435 g/mol. The number of aromatic amines is 1. The van der Waals surface area contributed by atoms with Gasteiger partial charge in [-0.05, 0) is 48.0 Å². The molecule has 0 atom stereocenters. The highest BCUT2D eigenvalue weighted by Gasteiger charge is 2.21. The van der Waals surface area contributed by atoms with Crippen molar-refractivity contribution in [1.82, 2.24) is 4.98 Å². The van der Waals surface area contributed by atoms with E-state index in [1.165, 1.54) is 7.11 Å². The van der Waals surface area contributed by atoms with E-state index < -0.39 is 0 Å². The normalized spacial score (nSPS) is 10.8. The topological polar surface area (TPSA) is 82.2 Å².